The van der Waals surface area contributed by atoms with Crippen LogP contribution in [-0.4, -0.2) is 6.54 Å². The van der Waals surface area contributed by atoms with Crippen LogP contribution in [0.4, 0.5) is 5.00 Å². The first-order valence-corrected chi connectivity index (χ1v) is 5.84. The summed E-state index contributed by atoms with van der Waals surface area (Å²) < 4.78 is 0.784. The maximum absolute atomic E-state index is 9.01. The summed E-state index contributed by atoms with van der Waals surface area (Å²) in [6.07, 6.45) is 3.23. The number of nitrogens with zero attached hydrogens (tertiary/aromatic N) is 1. The number of anilines is 1. The number of hydrogen-bond donors (Lipinski definition) is 1. The summed E-state index contributed by atoms with van der Waals surface area (Å²) in [6, 6.07) is 6.23. The zero-order chi connectivity index (χ0) is 10.0. The van der Waals surface area contributed by atoms with Gasteiger partial charge in [-0.3, -0.25) is 0 Å². The highest BCUT2D eigenvalue weighted by atomic mass is 35.5. The molecule has 0 saturated heterocycles. The van der Waals surface area contributed by atoms with Gasteiger partial charge >= 0.3 is 0 Å². The second kappa shape index (κ2) is 3.80. The Hall–Kier alpha value is -0.720. The molecule has 74 valence electrons. The van der Waals surface area contributed by atoms with Crippen molar-refractivity contribution in [1.29, 1.82) is 5.26 Å². The van der Waals surface area contributed by atoms with Crippen molar-refractivity contribution in [2.24, 2.45) is 5.41 Å². The van der Waals surface area contributed by atoms with Crippen LogP contribution in [0.2, 0.25) is 4.34 Å². The average Bonchev–Trinajstić information content (AvgIpc) is 2.50. The Morgan fingerprint density at radius 1 is 1.57 bits per heavy atom. The van der Waals surface area contributed by atoms with Crippen LogP contribution < -0.4 is 5.32 Å². The molecule has 0 aliphatic heterocycles. The zero-order valence-electron chi connectivity index (χ0n) is 7.72. The molecule has 0 spiro atoms. The third kappa shape index (κ3) is 1.87. The normalized spacial score (nSPS) is 18.3. The van der Waals surface area contributed by atoms with Crippen LogP contribution in [0.15, 0.2) is 12.1 Å². The molecular formula is C10H11ClN2S. The van der Waals surface area contributed by atoms with Gasteiger partial charge in [-0.1, -0.05) is 18.0 Å². The summed E-state index contributed by atoms with van der Waals surface area (Å²) in [7, 11) is 0. The fourth-order valence-corrected chi connectivity index (χ4v) is 2.54. The van der Waals surface area contributed by atoms with E-state index in [2.05, 4.69) is 11.4 Å². The summed E-state index contributed by atoms with van der Waals surface area (Å²) >= 11 is 7.32. The Balaban J connectivity index is 1.91. The van der Waals surface area contributed by atoms with Gasteiger partial charge in [-0.05, 0) is 25.0 Å². The molecule has 0 radical (unpaired) electrons. The fraction of sp³-hybridized carbons (Fsp3) is 0.500. The summed E-state index contributed by atoms with van der Waals surface area (Å²) in [5, 5.41) is 13.3. The van der Waals surface area contributed by atoms with Crippen molar-refractivity contribution in [1.82, 2.24) is 0 Å². The predicted octanol–water partition coefficient (Wildman–Crippen LogP) is 3.51. The smallest absolute Gasteiger partial charge is 0.0950 e. The van der Waals surface area contributed by atoms with E-state index in [1.54, 1.807) is 0 Å². The van der Waals surface area contributed by atoms with E-state index < -0.39 is 0 Å². The molecule has 1 saturated carbocycles. The third-order valence-electron chi connectivity index (χ3n) is 2.72. The van der Waals surface area contributed by atoms with Crippen molar-refractivity contribution < 1.29 is 0 Å². The Morgan fingerprint density at radius 3 is 2.79 bits per heavy atom. The minimum atomic E-state index is -0.115. The van der Waals surface area contributed by atoms with Crippen LogP contribution in [0.5, 0.6) is 0 Å². The van der Waals surface area contributed by atoms with Gasteiger partial charge in [0.1, 0.15) is 0 Å². The van der Waals surface area contributed by atoms with Gasteiger partial charge in [0.25, 0.3) is 0 Å². The molecule has 1 heterocycles. The van der Waals surface area contributed by atoms with E-state index >= 15 is 0 Å². The van der Waals surface area contributed by atoms with E-state index in [9.17, 15) is 0 Å². The lowest BCUT2D eigenvalue weighted by molar-refractivity contribution is 0.233. The number of nitriles is 1. The largest absolute Gasteiger partial charge is 0.375 e. The van der Waals surface area contributed by atoms with Crippen LogP contribution in [-0.2, 0) is 0 Å². The first-order valence-electron chi connectivity index (χ1n) is 4.65. The molecular weight excluding hydrogens is 216 g/mol. The Morgan fingerprint density at radius 2 is 2.36 bits per heavy atom. The first-order chi connectivity index (χ1) is 6.74. The molecule has 1 N–H and O–H groups in total. The monoisotopic (exact) mass is 226 g/mol. The summed E-state index contributed by atoms with van der Waals surface area (Å²) in [5.74, 6) is 0. The van der Waals surface area contributed by atoms with Crippen LogP contribution in [0.3, 0.4) is 0 Å². The van der Waals surface area contributed by atoms with E-state index in [0.29, 0.717) is 0 Å². The molecule has 2 rings (SSSR count). The minimum Gasteiger partial charge on any atom is -0.375 e. The molecule has 0 aromatic carbocycles. The van der Waals surface area contributed by atoms with E-state index in [1.807, 2.05) is 12.1 Å². The van der Waals surface area contributed by atoms with E-state index in [1.165, 1.54) is 17.8 Å². The van der Waals surface area contributed by atoms with Crippen LogP contribution >= 0.6 is 22.9 Å². The Bertz CT molecular complexity index is 362. The predicted molar refractivity (Wildman–Crippen MR) is 59.7 cm³/mol. The molecule has 4 heteroatoms. The zero-order valence-corrected chi connectivity index (χ0v) is 9.29. The van der Waals surface area contributed by atoms with Crippen molar-refractivity contribution in [3.63, 3.8) is 0 Å². The molecule has 0 bridgehead atoms. The van der Waals surface area contributed by atoms with Crippen molar-refractivity contribution in [2.75, 3.05) is 11.9 Å². The van der Waals surface area contributed by atoms with Gasteiger partial charge in [0.05, 0.1) is 20.8 Å². The topological polar surface area (TPSA) is 35.8 Å². The van der Waals surface area contributed by atoms with Crippen LogP contribution in [0, 0.1) is 16.7 Å². The highest BCUT2D eigenvalue weighted by Gasteiger charge is 2.36. The van der Waals surface area contributed by atoms with Crippen LogP contribution in [0.1, 0.15) is 19.3 Å². The molecule has 0 atom stereocenters. The van der Waals surface area contributed by atoms with Gasteiger partial charge in [-0.25, -0.2) is 0 Å². The van der Waals surface area contributed by atoms with Crippen molar-refractivity contribution in [3.8, 4) is 6.07 Å². The molecule has 0 unspecified atom stereocenters. The lowest BCUT2D eigenvalue weighted by Crippen LogP contribution is -2.34. The SMILES string of the molecule is N#CC1(CNc2ccc(Cl)s2)CCC1. The molecule has 0 amide bonds. The van der Waals surface area contributed by atoms with Crippen molar-refractivity contribution in [2.45, 2.75) is 19.3 Å². The number of hydrogen-bond acceptors (Lipinski definition) is 3. The molecule has 1 fully saturated rings. The molecule has 14 heavy (non-hydrogen) atoms. The lowest BCUT2D eigenvalue weighted by atomic mass is 9.70. The maximum atomic E-state index is 9.01. The molecule has 1 aliphatic rings. The summed E-state index contributed by atoms with van der Waals surface area (Å²) in [5.41, 5.74) is -0.115. The minimum absolute atomic E-state index is 0.115. The van der Waals surface area contributed by atoms with Gasteiger partial charge in [-0.15, -0.1) is 11.3 Å². The lowest BCUT2D eigenvalue weighted by Gasteiger charge is -2.35. The van der Waals surface area contributed by atoms with Gasteiger partial charge in [0.15, 0.2) is 0 Å². The summed E-state index contributed by atoms with van der Waals surface area (Å²) in [4.78, 5) is 0. The number of thiophene rings is 1. The van der Waals surface area contributed by atoms with E-state index in [0.717, 1.165) is 28.7 Å². The highest BCUT2D eigenvalue weighted by molar-refractivity contribution is 7.19. The number of halogens is 1. The molecule has 1 aromatic rings. The van der Waals surface area contributed by atoms with Gasteiger partial charge in [0, 0.05) is 6.54 Å². The Kier molecular flexibility index (Phi) is 2.66. The second-order valence-electron chi connectivity index (χ2n) is 3.70. The van der Waals surface area contributed by atoms with E-state index in [4.69, 9.17) is 16.9 Å². The summed E-state index contributed by atoms with van der Waals surface area (Å²) in [6.45, 7) is 0.750. The average molecular weight is 227 g/mol. The van der Waals surface area contributed by atoms with Crippen LogP contribution in [0.25, 0.3) is 0 Å². The first kappa shape index (κ1) is 9.82. The van der Waals surface area contributed by atoms with Gasteiger partial charge in [-0.2, -0.15) is 5.26 Å². The third-order valence-corrected chi connectivity index (χ3v) is 3.91. The van der Waals surface area contributed by atoms with Gasteiger partial charge in [0.2, 0.25) is 0 Å². The quantitative estimate of drug-likeness (QED) is 0.856. The second-order valence-corrected chi connectivity index (χ2v) is 5.42. The highest BCUT2D eigenvalue weighted by Crippen LogP contribution is 2.40. The fourth-order valence-electron chi connectivity index (χ4n) is 1.60. The molecule has 1 aliphatic carbocycles. The van der Waals surface area contributed by atoms with E-state index in [-0.39, 0.29) is 5.41 Å². The van der Waals surface area contributed by atoms with Crippen molar-refractivity contribution in [3.05, 3.63) is 16.5 Å². The molecule has 2 nitrogen and oxygen atoms in total. The van der Waals surface area contributed by atoms with Gasteiger partial charge < -0.3 is 5.32 Å². The number of rotatable bonds is 3. The number of nitrogens with one attached hydrogen (secondary N) is 1. The standard InChI is InChI=1S/C10H11ClN2S/c11-8-2-3-9(14-8)13-7-10(6-12)4-1-5-10/h2-3,13H,1,4-5,7H2. The maximum Gasteiger partial charge on any atom is 0.0950 e. The molecule has 1 aromatic heterocycles. The van der Waals surface area contributed by atoms with Crippen molar-refractivity contribution >= 4 is 27.9 Å². The Labute approximate surface area is 92.5 Å².